The standard InChI is InChI=1S/C12H14Cl2O2/c13-9-3-4-10(14)11(7-9)16-8-12(15)5-1-2-6-12/h3-4,7,15H,1-2,5-6,8H2. The molecule has 0 atom stereocenters. The Labute approximate surface area is 105 Å². The minimum absolute atomic E-state index is 0.285. The summed E-state index contributed by atoms with van der Waals surface area (Å²) in [6, 6.07) is 5.07. The Morgan fingerprint density at radius 3 is 2.62 bits per heavy atom. The number of hydrogen-bond donors (Lipinski definition) is 1. The second kappa shape index (κ2) is 4.82. The summed E-state index contributed by atoms with van der Waals surface area (Å²) < 4.78 is 5.54. The van der Waals surface area contributed by atoms with Crippen molar-refractivity contribution in [3.8, 4) is 5.75 Å². The number of ether oxygens (including phenoxy) is 1. The van der Waals surface area contributed by atoms with Crippen LogP contribution in [0.4, 0.5) is 0 Å². The van der Waals surface area contributed by atoms with E-state index in [9.17, 15) is 5.11 Å². The number of hydrogen-bond acceptors (Lipinski definition) is 2. The number of halogens is 2. The van der Waals surface area contributed by atoms with Crippen molar-refractivity contribution in [2.45, 2.75) is 31.3 Å². The molecule has 2 rings (SSSR count). The highest BCUT2D eigenvalue weighted by Crippen LogP contribution is 2.32. The average Bonchev–Trinajstić information content (AvgIpc) is 2.67. The fourth-order valence-corrected chi connectivity index (χ4v) is 2.31. The van der Waals surface area contributed by atoms with Gasteiger partial charge in [-0.25, -0.2) is 0 Å². The molecular weight excluding hydrogens is 247 g/mol. The van der Waals surface area contributed by atoms with E-state index in [-0.39, 0.29) is 6.61 Å². The fraction of sp³-hybridized carbons (Fsp3) is 0.500. The molecule has 0 aromatic heterocycles. The van der Waals surface area contributed by atoms with E-state index < -0.39 is 5.60 Å². The molecule has 0 unspecified atom stereocenters. The van der Waals surface area contributed by atoms with E-state index in [1.165, 1.54) is 0 Å². The number of aliphatic hydroxyl groups is 1. The molecule has 88 valence electrons. The molecule has 0 bridgehead atoms. The van der Waals surface area contributed by atoms with Crippen LogP contribution in [0, 0.1) is 0 Å². The minimum atomic E-state index is -0.689. The Bertz CT molecular complexity index is 373. The molecule has 0 heterocycles. The summed E-state index contributed by atoms with van der Waals surface area (Å²) in [5.41, 5.74) is -0.689. The van der Waals surface area contributed by atoms with Gasteiger partial charge in [-0.05, 0) is 25.0 Å². The Morgan fingerprint density at radius 2 is 1.94 bits per heavy atom. The summed E-state index contributed by atoms with van der Waals surface area (Å²) in [5.74, 6) is 0.537. The summed E-state index contributed by atoms with van der Waals surface area (Å²) in [6.45, 7) is 0.285. The summed E-state index contributed by atoms with van der Waals surface area (Å²) >= 11 is 11.8. The molecule has 0 amide bonds. The van der Waals surface area contributed by atoms with Crippen molar-refractivity contribution >= 4 is 23.2 Å². The van der Waals surface area contributed by atoms with Crippen molar-refractivity contribution in [2.75, 3.05) is 6.61 Å². The van der Waals surface area contributed by atoms with Crippen molar-refractivity contribution in [1.29, 1.82) is 0 Å². The maximum Gasteiger partial charge on any atom is 0.139 e. The average molecular weight is 261 g/mol. The lowest BCUT2D eigenvalue weighted by atomic mass is 10.0. The lowest BCUT2D eigenvalue weighted by Gasteiger charge is -2.22. The van der Waals surface area contributed by atoms with Gasteiger partial charge in [0.25, 0.3) is 0 Å². The van der Waals surface area contributed by atoms with Crippen LogP contribution < -0.4 is 4.74 Å². The Hall–Kier alpha value is -0.440. The van der Waals surface area contributed by atoms with Crippen LogP contribution in [0.5, 0.6) is 5.75 Å². The van der Waals surface area contributed by atoms with Gasteiger partial charge in [-0.15, -0.1) is 0 Å². The van der Waals surface area contributed by atoms with E-state index in [1.807, 2.05) is 0 Å². The lowest BCUT2D eigenvalue weighted by molar-refractivity contribution is 0.00145. The SMILES string of the molecule is OC1(COc2cc(Cl)ccc2Cl)CCCC1. The molecule has 1 aliphatic carbocycles. The quantitative estimate of drug-likeness (QED) is 0.899. The van der Waals surface area contributed by atoms with Crippen LogP contribution in [0.3, 0.4) is 0 Å². The lowest BCUT2D eigenvalue weighted by Crippen LogP contribution is -2.32. The first-order chi connectivity index (χ1) is 7.59. The topological polar surface area (TPSA) is 29.5 Å². The van der Waals surface area contributed by atoms with Gasteiger partial charge in [0.05, 0.1) is 10.6 Å². The predicted molar refractivity (Wildman–Crippen MR) is 65.4 cm³/mol. The molecular formula is C12H14Cl2O2. The monoisotopic (exact) mass is 260 g/mol. The Kier molecular flexibility index (Phi) is 3.63. The van der Waals surface area contributed by atoms with Gasteiger partial charge in [-0.1, -0.05) is 36.0 Å². The van der Waals surface area contributed by atoms with Crippen molar-refractivity contribution in [3.05, 3.63) is 28.2 Å². The molecule has 1 fully saturated rings. The molecule has 0 spiro atoms. The zero-order chi connectivity index (χ0) is 11.6. The van der Waals surface area contributed by atoms with Crippen LogP contribution in [0.15, 0.2) is 18.2 Å². The Balaban J connectivity index is 2.01. The summed E-state index contributed by atoms with van der Waals surface area (Å²) in [4.78, 5) is 0. The highest BCUT2D eigenvalue weighted by Gasteiger charge is 2.32. The van der Waals surface area contributed by atoms with E-state index in [1.54, 1.807) is 18.2 Å². The van der Waals surface area contributed by atoms with Crippen LogP contribution in [-0.4, -0.2) is 17.3 Å². The first-order valence-electron chi connectivity index (χ1n) is 5.39. The van der Waals surface area contributed by atoms with Gasteiger partial charge < -0.3 is 9.84 Å². The zero-order valence-corrected chi connectivity index (χ0v) is 10.4. The normalized spacial score (nSPS) is 18.7. The van der Waals surface area contributed by atoms with Crippen molar-refractivity contribution in [1.82, 2.24) is 0 Å². The maximum absolute atomic E-state index is 10.1. The molecule has 0 aliphatic heterocycles. The third kappa shape index (κ3) is 2.82. The maximum atomic E-state index is 10.1. The predicted octanol–water partition coefficient (Wildman–Crippen LogP) is 3.68. The summed E-state index contributed by atoms with van der Waals surface area (Å²) in [5, 5.41) is 11.2. The molecule has 16 heavy (non-hydrogen) atoms. The molecule has 1 aromatic rings. The van der Waals surface area contributed by atoms with Crippen LogP contribution in [-0.2, 0) is 0 Å². The van der Waals surface area contributed by atoms with Crippen LogP contribution in [0.2, 0.25) is 10.0 Å². The first-order valence-corrected chi connectivity index (χ1v) is 6.15. The summed E-state index contributed by atoms with van der Waals surface area (Å²) in [6.07, 6.45) is 3.71. The minimum Gasteiger partial charge on any atom is -0.489 e. The van der Waals surface area contributed by atoms with Gasteiger partial charge in [-0.3, -0.25) is 0 Å². The second-order valence-electron chi connectivity index (χ2n) is 4.29. The smallest absolute Gasteiger partial charge is 0.139 e. The number of benzene rings is 1. The molecule has 2 nitrogen and oxygen atoms in total. The van der Waals surface area contributed by atoms with E-state index in [2.05, 4.69) is 0 Å². The van der Waals surface area contributed by atoms with E-state index in [0.717, 1.165) is 25.7 Å². The molecule has 4 heteroatoms. The largest absolute Gasteiger partial charge is 0.489 e. The molecule has 1 N–H and O–H groups in total. The number of rotatable bonds is 3. The first kappa shape index (κ1) is 12.0. The van der Waals surface area contributed by atoms with Crippen LogP contribution in [0.25, 0.3) is 0 Å². The van der Waals surface area contributed by atoms with Crippen LogP contribution in [0.1, 0.15) is 25.7 Å². The van der Waals surface area contributed by atoms with E-state index in [0.29, 0.717) is 15.8 Å². The fourth-order valence-electron chi connectivity index (χ4n) is 1.98. The molecule has 1 saturated carbocycles. The van der Waals surface area contributed by atoms with Gasteiger partial charge in [0.2, 0.25) is 0 Å². The van der Waals surface area contributed by atoms with Gasteiger partial charge in [0, 0.05) is 11.1 Å². The Morgan fingerprint density at radius 1 is 1.25 bits per heavy atom. The molecule has 0 saturated heterocycles. The molecule has 0 radical (unpaired) electrons. The van der Waals surface area contributed by atoms with Gasteiger partial charge in [-0.2, -0.15) is 0 Å². The second-order valence-corrected chi connectivity index (χ2v) is 5.14. The van der Waals surface area contributed by atoms with Gasteiger partial charge >= 0.3 is 0 Å². The van der Waals surface area contributed by atoms with Gasteiger partial charge in [0.1, 0.15) is 12.4 Å². The molecule has 1 aromatic carbocycles. The molecule has 1 aliphatic rings. The zero-order valence-electron chi connectivity index (χ0n) is 8.88. The van der Waals surface area contributed by atoms with E-state index in [4.69, 9.17) is 27.9 Å². The highest BCUT2D eigenvalue weighted by atomic mass is 35.5. The third-order valence-electron chi connectivity index (χ3n) is 2.92. The van der Waals surface area contributed by atoms with Crippen molar-refractivity contribution in [3.63, 3.8) is 0 Å². The third-order valence-corrected chi connectivity index (χ3v) is 3.47. The van der Waals surface area contributed by atoms with Crippen molar-refractivity contribution < 1.29 is 9.84 Å². The van der Waals surface area contributed by atoms with E-state index >= 15 is 0 Å². The van der Waals surface area contributed by atoms with Crippen LogP contribution >= 0.6 is 23.2 Å². The highest BCUT2D eigenvalue weighted by molar-refractivity contribution is 6.34. The summed E-state index contributed by atoms with van der Waals surface area (Å²) in [7, 11) is 0. The van der Waals surface area contributed by atoms with Gasteiger partial charge in [0.15, 0.2) is 0 Å². The van der Waals surface area contributed by atoms with Crippen molar-refractivity contribution in [2.24, 2.45) is 0 Å².